The lowest BCUT2D eigenvalue weighted by Gasteiger charge is -2.36. The Bertz CT molecular complexity index is 663. The molecular formula is C20H30N2O5. The van der Waals surface area contributed by atoms with Crippen LogP contribution in [0, 0.1) is 5.41 Å². The molecule has 0 aromatic heterocycles. The molecule has 1 aromatic carbocycles. The van der Waals surface area contributed by atoms with Crippen LogP contribution >= 0.6 is 0 Å². The molecule has 0 N–H and O–H groups in total. The van der Waals surface area contributed by atoms with Gasteiger partial charge in [0.25, 0.3) is 5.91 Å². The van der Waals surface area contributed by atoms with Crippen molar-refractivity contribution in [2.75, 3.05) is 47.5 Å². The molecular weight excluding hydrogens is 348 g/mol. The van der Waals surface area contributed by atoms with Gasteiger partial charge >= 0.3 is 0 Å². The van der Waals surface area contributed by atoms with Gasteiger partial charge in [-0.3, -0.25) is 9.59 Å². The summed E-state index contributed by atoms with van der Waals surface area (Å²) in [6, 6.07) is 3.31. The molecule has 1 aliphatic heterocycles. The van der Waals surface area contributed by atoms with Crippen molar-refractivity contribution in [3.63, 3.8) is 0 Å². The van der Waals surface area contributed by atoms with Crippen LogP contribution in [0.3, 0.4) is 0 Å². The number of methoxy groups -OCH3 is 3. The third-order valence-corrected chi connectivity index (χ3v) is 4.51. The minimum Gasteiger partial charge on any atom is -0.493 e. The lowest BCUT2D eigenvalue weighted by Crippen LogP contribution is -2.51. The molecule has 27 heavy (non-hydrogen) atoms. The molecule has 0 atom stereocenters. The van der Waals surface area contributed by atoms with E-state index < -0.39 is 0 Å². The van der Waals surface area contributed by atoms with Gasteiger partial charge in [0.1, 0.15) is 0 Å². The number of hydrogen-bond acceptors (Lipinski definition) is 5. The summed E-state index contributed by atoms with van der Waals surface area (Å²) in [5, 5.41) is 0. The maximum atomic E-state index is 12.9. The summed E-state index contributed by atoms with van der Waals surface area (Å²) >= 11 is 0. The van der Waals surface area contributed by atoms with Gasteiger partial charge in [0.05, 0.1) is 21.3 Å². The number of amides is 2. The largest absolute Gasteiger partial charge is 0.493 e. The average Bonchev–Trinajstić information content (AvgIpc) is 2.64. The van der Waals surface area contributed by atoms with Crippen molar-refractivity contribution in [1.29, 1.82) is 0 Å². The number of carbonyl (C=O) groups excluding carboxylic acids is 2. The fraction of sp³-hybridized carbons (Fsp3) is 0.600. The quantitative estimate of drug-likeness (QED) is 0.787. The summed E-state index contributed by atoms with van der Waals surface area (Å²) < 4.78 is 15.9. The minimum atomic E-state index is -0.114. The number of nitrogens with zero attached hydrogens (tertiary/aromatic N) is 2. The zero-order chi connectivity index (χ0) is 20.2. The Hall–Kier alpha value is -2.44. The van der Waals surface area contributed by atoms with Crippen molar-refractivity contribution in [1.82, 2.24) is 9.80 Å². The molecule has 2 amide bonds. The smallest absolute Gasteiger partial charge is 0.254 e. The topological polar surface area (TPSA) is 68.3 Å². The number of benzene rings is 1. The van der Waals surface area contributed by atoms with Crippen molar-refractivity contribution >= 4 is 11.8 Å². The van der Waals surface area contributed by atoms with Crippen molar-refractivity contribution in [2.24, 2.45) is 5.41 Å². The second kappa shape index (κ2) is 8.50. The van der Waals surface area contributed by atoms with Gasteiger partial charge in [-0.2, -0.15) is 0 Å². The Balaban J connectivity index is 2.09. The fourth-order valence-electron chi connectivity index (χ4n) is 3.11. The number of rotatable bonds is 5. The Morgan fingerprint density at radius 1 is 0.889 bits per heavy atom. The Morgan fingerprint density at radius 3 is 1.78 bits per heavy atom. The predicted molar refractivity (Wildman–Crippen MR) is 103 cm³/mol. The van der Waals surface area contributed by atoms with Gasteiger partial charge in [-0.05, 0) is 17.5 Å². The van der Waals surface area contributed by atoms with Crippen molar-refractivity contribution in [3.05, 3.63) is 17.7 Å². The third kappa shape index (κ3) is 5.05. The summed E-state index contributed by atoms with van der Waals surface area (Å²) in [7, 11) is 4.56. The number of piperazine rings is 1. The van der Waals surface area contributed by atoms with Crippen LogP contribution in [-0.2, 0) is 4.79 Å². The molecule has 0 aliphatic carbocycles. The molecule has 0 unspecified atom stereocenters. The van der Waals surface area contributed by atoms with Crippen LogP contribution < -0.4 is 14.2 Å². The van der Waals surface area contributed by atoms with Gasteiger partial charge in [-0.15, -0.1) is 0 Å². The van der Waals surface area contributed by atoms with E-state index in [0.29, 0.717) is 55.4 Å². The van der Waals surface area contributed by atoms with Crippen molar-refractivity contribution < 1.29 is 23.8 Å². The SMILES string of the molecule is COc1cc(C(=O)N2CCN(C(=O)CC(C)(C)C)CC2)cc(OC)c1OC. The van der Waals surface area contributed by atoms with Crippen LogP contribution in [0.5, 0.6) is 17.2 Å². The molecule has 1 aromatic rings. The normalized spacial score (nSPS) is 14.7. The van der Waals surface area contributed by atoms with Crippen molar-refractivity contribution in [2.45, 2.75) is 27.2 Å². The highest BCUT2D eigenvalue weighted by Gasteiger charge is 2.28. The van der Waals surface area contributed by atoms with Crippen LogP contribution in [0.15, 0.2) is 12.1 Å². The number of ether oxygens (including phenoxy) is 3. The van der Waals surface area contributed by atoms with E-state index in [4.69, 9.17) is 14.2 Å². The average molecular weight is 378 g/mol. The molecule has 1 saturated heterocycles. The first-order valence-electron chi connectivity index (χ1n) is 9.07. The lowest BCUT2D eigenvalue weighted by atomic mass is 9.91. The maximum Gasteiger partial charge on any atom is 0.254 e. The van der Waals surface area contributed by atoms with E-state index >= 15 is 0 Å². The van der Waals surface area contributed by atoms with Crippen LogP contribution in [0.2, 0.25) is 0 Å². The summed E-state index contributed by atoms with van der Waals surface area (Å²) in [5.74, 6) is 1.37. The first-order valence-corrected chi connectivity index (χ1v) is 9.07. The van der Waals surface area contributed by atoms with Crippen LogP contribution in [0.25, 0.3) is 0 Å². The summed E-state index contributed by atoms with van der Waals surface area (Å²) in [6.07, 6.45) is 0.508. The van der Waals surface area contributed by atoms with Crippen LogP contribution in [0.4, 0.5) is 0 Å². The van der Waals surface area contributed by atoms with E-state index in [-0.39, 0.29) is 17.2 Å². The third-order valence-electron chi connectivity index (χ3n) is 4.51. The highest BCUT2D eigenvalue weighted by atomic mass is 16.5. The molecule has 0 spiro atoms. The monoisotopic (exact) mass is 378 g/mol. The van der Waals surface area contributed by atoms with Gasteiger partial charge in [-0.1, -0.05) is 20.8 Å². The molecule has 0 saturated carbocycles. The predicted octanol–water partition coefficient (Wildman–Crippen LogP) is 2.43. The van der Waals surface area contributed by atoms with E-state index in [1.807, 2.05) is 4.90 Å². The Morgan fingerprint density at radius 2 is 1.37 bits per heavy atom. The van der Waals surface area contributed by atoms with Gasteiger partial charge in [0.15, 0.2) is 11.5 Å². The van der Waals surface area contributed by atoms with E-state index in [2.05, 4.69) is 20.8 Å². The zero-order valence-corrected chi connectivity index (χ0v) is 17.1. The molecule has 1 fully saturated rings. The van der Waals surface area contributed by atoms with E-state index in [0.717, 1.165) is 0 Å². The van der Waals surface area contributed by atoms with E-state index in [1.165, 1.54) is 21.3 Å². The van der Waals surface area contributed by atoms with E-state index in [1.54, 1.807) is 17.0 Å². The Labute approximate surface area is 161 Å². The molecule has 0 bridgehead atoms. The highest BCUT2D eigenvalue weighted by Crippen LogP contribution is 2.38. The number of carbonyl (C=O) groups is 2. The molecule has 7 heteroatoms. The second-order valence-electron chi connectivity index (χ2n) is 7.82. The number of hydrogen-bond donors (Lipinski definition) is 0. The van der Waals surface area contributed by atoms with Crippen molar-refractivity contribution in [3.8, 4) is 17.2 Å². The molecule has 2 rings (SSSR count). The maximum absolute atomic E-state index is 12.9. The zero-order valence-electron chi connectivity index (χ0n) is 17.1. The lowest BCUT2D eigenvalue weighted by molar-refractivity contribution is -0.134. The first-order chi connectivity index (χ1) is 12.7. The van der Waals surface area contributed by atoms with Gasteiger partial charge < -0.3 is 24.0 Å². The van der Waals surface area contributed by atoms with E-state index in [9.17, 15) is 9.59 Å². The van der Waals surface area contributed by atoms with Gasteiger partial charge in [-0.25, -0.2) is 0 Å². The summed E-state index contributed by atoms with van der Waals surface area (Å²) in [4.78, 5) is 28.9. The molecule has 7 nitrogen and oxygen atoms in total. The first kappa shape index (κ1) is 20.9. The fourth-order valence-corrected chi connectivity index (χ4v) is 3.11. The molecule has 1 aliphatic rings. The van der Waals surface area contributed by atoms with Crippen LogP contribution in [-0.4, -0.2) is 69.1 Å². The second-order valence-corrected chi connectivity index (χ2v) is 7.82. The molecule has 0 radical (unpaired) electrons. The van der Waals surface area contributed by atoms with Crippen LogP contribution in [0.1, 0.15) is 37.6 Å². The minimum absolute atomic E-state index is 0.0414. The highest BCUT2D eigenvalue weighted by molar-refractivity contribution is 5.96. The molecule has 1 heterocycles. The van der Waals surface area contributed by atoms with Gasteiger partial charge in [0, 0.05) is 38.2 Å². The molecule has 150 valence electrons. The Kier molecular flexibility index (Phi) is 6.57. The van der Waals surface area contributed by atoms with Gasteiger partial charge in [0.2, 0.25) is 11.7 Å². The summed E-state index contributed by atoms with van der Waals surface area (Å²) in [5.41, 5.74) is 0.430. The summed E-state index contributed by atoms with van der Waals surface area (Å²) in [6.45, 7) is 8.26. The standard InChI is InChI=1S/C20H30N2O5/c1-20(2,3)13-17(23)21-7-9-22(10-8-21)19(24)14-11-15(25-4)18(27-6)16(12-14)26-5/h11-12H,7-10,13H2,1-6H3.